The van der Waals surface area contributed by atoms with Crippen LogP contribution in [0.5, 0.6) is 0 Å². The quantitative estimate of drug-likeness (QED) is 0.270. The fraction of sp³-hybridized carbons (Fsp3) is 0.792. The monoisotopic (exact) mass is 466 g/mol. The zero-order chi connectivity index (χ0) is 24.3. The topological polar surface area (TPSA) is 121 Å². The molecule has 0 radical (unpaired) electrons. The Kier molecular flexibility index (Phi) is 5.90. The molecule has 184 valence electrons. The molecule has 1 N–H and O–H groups in total. The molecule has 2 bridgehead atoms. The van der Waals surface area contributed by atoms with Crippen LogP contribution in [0.3, 0.4) is 0 Å². The first-order valence-corrected chi connectivity index (χ1v) is 11.5. The molecule has 4 rings (SSSR count). The molecule has 9 nitrogen and oxygen atoms in total. The number of hydrogen-bond acceptors (Lipinski definition) is 9. The largest absolute Gasteiger partial charge is 0.465 e. The van der Waals surface area contributed by atoms with Crippen molar-refractivity contribution in [3.63, 3.8) is 0 Å². The van der Waals surface area contributed by atoms with Crippen molar-refractivity contribution in [3.8, 4) is 0 Å². The molecule has 0 aromatic heterocycles. The molecule has 2 aliphatic heterocycles. The summed E-state index contributed by atoms with van der Waals surface area (Å²) in [6, 6.07) is 0. The molecule has 8 atom stereocenters. The van der Waals surface area contributed by atoms with E-state index < -0.39 is 58.9 Å². The molecular weight excluding hydrogens is 432 g/mol. The van der Waals surface area contributed by atoms with Gasteiger partial charge in [0.25, 0.3) is 0 Å². The smallest absolute Gasteiger partial charge is 0.306 e. The number of aliphatic hydroxyl groups excluding tert-OH is 1. The van der Waals surface area contributed by atoms with E-state index in [4.69, 9.17) is 23.7 Å². The third-order valence-corrected chi connectivity index (χ3v) is 8.00. The van der Waals surface area contributed by atoms with Crippen molar-refractivity contribution in [2.45, 2.75) is 90.5 Å². The van der Waals surface area contributed by atoms with E-state index in [9.17, 15) is 19.5 Å². The summed E-state index contributed by atoms with van der Waals surface area (Å²) in [5.41, 5.74) is -2.00. The van der Waals surface area contributed by atoms with Crippen molar-refractivity contribution in [1.82, 2.24) is 0 Å². The molecular formula is C24H34O9. The zero-order valence-electron chi connectivity index (χ0n) is 20.1. The first kappa shape index (κ1) is 24.2. The van der Waals surface area contributed by atoms with E-state index in [2.05, 4.69) is 0 Å². The molecule has 33 heavy (non-hydrogen) atoms. The summed E-state index contributed by atoms with van der Waals surface area (Å²) in [5, 5.41) is 11.2. The van der Waals surface area contributed by atoms with Crippen molar-refractivity contribution in [2.24, 2.45) is 16.7 Å². The number of rotatable bonds is 6. The van der Waals surface area contributed by atoms with Gasteiger partial charge in [0.1, 0.15) is 36.6 Å². The van der Waals surface area contributed by atoms with Gasteiger partial charge in [-0.1, -0.05) is 26.8 Å². The maximum absolute atomic E-state index is 12.5. The average molecular weight is 467 g/mol. The van der Waals surface area contributed by atoms with Crippen molar-refractivity contribution >= 4 is 17.9 Å². The van der Waals surface area contributed by atoms with Crippen molar-refractivity contribution < 1.29 is 43.2 Å². The molecule has 2 saturated heterocycles. The number of esters is 3. The Morgan fingerprint density at radius 2 is 1.88 bits per heavy atom. The Hall–Kier alpha value is -1.97. The molecule has 1 spiro atoms. The van der Waals surface area contributed by atoms with Crippen LogP contribution < -0.4 is 0 Å². The second-order valence-electron chi connectivity index (χ2n) is 10.5. The van der Waals surface area contributed by atoms with E-state index in [0.29, 0.717) is 6.61 Å². The van der Waals surface area contributed by atoms with E-state index in [1.807, 2.05) is 33.8 Å². The lowest BCUT2D eigenvalue weighted by atomic mass is 9.51. The highest BCUT2D eigenvalue weighted by atomic mass is 16.7. The van der Waals surface area contributed by atoms with E-state index in [1.165, 1.54) is 13.8 Å². The van der Waals surface area contributed by atoms with Crippen LogP contribution in [0.1, 0.15) is 54.4 Å². The summed E-state index contributed by atoms with van der Waals surface area (Å²) in [5.74, 6) is -1.18. The van der Waals surface area contributed by atoms with E-state index >= 15 is 0 Å². The first-order chi connectivity index (χ1) is 15.4. The second-order valence-corrected chi connectivity index (χ2v) is 10.5. The molecule has 0 aromatic carbocycles. The highest BCUT2D eigenvalue weighted by molar-refractivity contribution is 5.70. The van der Waals surface area contributed by atoms with Gasteiger partial charge in [0, 0.05) is 26.7 Å². The van der Waals surface area contributed by atoms with Crippen LogP contribution >= 0.6 is 0 Å². The summed E-state index contributed by atoms with van der Waals surface area (Å²) in [7, 11) is 0. The van der Waals surface area contributed by atoms with Crippen LogP contribution in [0.15, 0.2) is 11.6 Å². The number of aliphatic hydroxyl groups is 1. The molecule has 0 amide bonds. The summed E-state index contributed by atoms with van der Waals surface area (Å²) >= 11 is 0. The van der Waals surface area contributed by atoms with Gasteiger partial charge in [0.05, 0.1) is 23.5 Å². The maximum atomic E-state index is 12.5. The van der Waals surface area contributed by atoms with E-state index in [1.54, 1.807) is 0 Å². The van der Waals surface area contributed by atoms with Gasteiger partial charge in [-0.3, -0.25) is 14.4 Å². The summed E-state index contributed by atoms with van der Waals surface area (Å²) in [6.07, 6.45) is -1.46. The van der Waals surface area contributed by atoms with Crippen LogP contribution in [0.4, 0.5) is 0 Å². The summed E-state index contributed by atoms with van der Waals surface area (Å²) in [4.78, 5) is 36.4. The normalized spacial score (nSPS) is 43.0. The second kappa shape index (κ2) is 8.06. The number of carbonyl (C=O) groups is 3. The van der Waals surface area contributed by atoms with Crippen LogP contribution in [0, 0.1) is 16.7 Å². The highest BCUT2D eigenvalue weighted by Gasteiger charge is 2.86. The molecule has 1 saturated carbocycles. The number of carbonyl (C=O) groups excluding carboxylic acids is 3. The molecule has 2 heterocycles. The van der Waals surface area contributed by atoms with Gasteiger partial charge < -0.3 is 28.8 Å². The van der Waals surface area contributed by atoms with Gasteiger partial charge >= 0.3 is 17.9 Å². The first-order valence-electron chi connectivity index (χ1n) is 11.5. The standard InChI is InChI=1S/C24H34O9/c1-12(2)7-18(27)32-16-9-23(10-29-14(4)25)17(8-13(16)3)33-21-19(28)20(31-15(5)26)22(23,6)24(21)11-30-24/h8,12,16-17,19-21,28H,7,9-11H2,1-6H3/t16-,17?,19?,20?,21?,22+,23+,24?/m0/s1. The van der Waals surface area contributed by atoms with Crippen LogP contribution in [0.2, 0.25) is 0 Å². The van der Waals surface area contributed by atoms with Gasteiger partial charge in [-0.2, -0.15) is 0 Å². The molecule has 3 fully saturated rings. The van der Waals surface area contributed by atoms with Gasteiger partial charge in [-0.15, -0.1) is 0 Å². The van der Waals surface area contributed by atoms with Crippen molar-refractivity contribution in [3.05, 3.63) is 11.6 Å². The Morgan fingerprint density at radius 3 is 2.42 bits per heavy atom. The zero-order valence-corrected chi connectivity index (χ0v) is 20.1. The lowest BCUT2D eigenvalue weighted by molar-refractivity contribution is -0.241. The predicted octanol–water partition coefficient (Wildman–Crippen LogP) is 1.69. The number of epoxide rings is 1. The minimum atomic E-state index is -1.11. The number of ether oxygens (including phenoxy) is 5. The Bertz CT molecular complexity index is 875. The molecule has 5 unspecified atom stereocenters. The van der Waals surface area contributed by atoms with Gasteiger partial charge in [-0.05, 0) is 18.4 Å². The van der Waals surface area contributed by atoms with Gasteiger partial charge in [-0.25, -0.2) is 0 Å². The SMILES string of the molecule is CC(=O)OC[C@]12C[C@H](OC(=O)CC(C)C)C(C)=CC1OC1C(O)C(OC(C)=O)[C@@]2(C)C12CO2. The molecule has 2 aliphatic carbocycles. The maximum Gasteiger partial charge on any atom is 0.306 e. The van der Waals surface area contributed by atoms with Crippen LogP contribution in [-0.4, -0.2) is 72.3 Å². The summed E-state index contributed by atoms with van der Waals surface area (Å²) in [6.45, 7) is 10.5. The molecule has 0 aromatic rings. The minimum Gasteiger partial charge on any atom is -0.465 e. The molecule has 4 aliphatic rings. The lowest BCUT2D eigenvalue weighted by Gasteiger charge is -2.58. The number of hydrogen-bond donors (Lipinski definition) is 1. The fourth-order valence-corrected chi connectivity index (χ4v) is 6.26. The van der Waals surface area contributed by atoms with E-state index in [-0.39, 0.29) is 31.3 Å². The predicted molar refractivity (Wildman–Crippen MR) is 114 cm³/mol. The Balaban J connectivity index is 1.79. The molecule has 9 heteroatoms. The van der Waals surface area contributed by atoms with Gasteiger partial charge in [0.15, 0.2) is 0 Å². The Labute approximate surface area is 193 Å². The third kappa shape index (κ3) is 3.51. The van der Waals surface area contributed by atoms with Crippen molar-refractivity contribution in [2.75, 3.05) is 13.2 Å². The van der Waals surface area contributed by atoms with E-state index in [0.717, 1.165) is 5.57 Å². The lowest BCUT2D eigenvalue weighted by Crippen LogP contribution is -2.68. The fourth-order valence-electron chi connectivity index (χ4n) is 6.26. The minimum absolute atomic E-state index is 0.0617. The van der Waals surface area contributed by atoms with Crippen LogP contribution in [-0.2, 0) is 38.1 Å². The highest BCUT2D eigenvalue weighted by Crippen LogP contribution is 2.72. The van der Waals surface area contributed by atoms with Crippen molar-refractivity contribution in [1.29, 1.82) is 0 Å². The average Bonchev–Trinajstić information content (AvgIpc) is 3.48. The summed E-state index contributed by atoms with van der Waals surface area (Å²) < 4.78 is 29.4. The third-order valence-electron chi connectivity index (χ3n) is 8.00. The Morgan fingerprint density at radius 1 is 1.21 bits per heavy atom. The van der Waals surface area contributed by atoms with Crippen LogP contribution in [0.25, 0.3) is 0 Å². The number of fused-ring (bicyclic) bond motifs is 2. The van der Waals surface area contributed by atoms with Gasteiger partial charge in [0.2, 0.25) is 0 Å².